The Labute approximate surface area is 185 Å². The van der Waals surface area contributed by atoms with Gasteiger partial charge in [-0.05, 0) is 49.9 Å². The minimum atomic E-state index is -0.502. The van der Waals surface area contributed by atoms with Crippen molar-refractivity contribution in [3.05, 3.63) is 64.9 Å². The molecular weight excluding hydrogens is 413 g/mol. The van der Waals surface area contributed by atoms with Crippen molar-refractivity contribution < 1.29 is 14.0 Å². The Hall–Kier alpha value is -2.80. The number of amides is 2. The molecule has 0 saturated carbocycles. The van der Waals surface area contributed by atoms with Crippen LogP contribution in [0.5, 0.6) is 0 Å². The maximum absolute atomic E-state index is 13.9. The fraction of sp³-hybridized carbons (Fsp3) is 0.375. The standard InChI is InChI=1S/C24H26FN3O2S/c25-19-9-2-1-8-18(19)24(30)28-15-7-14-27(16-17-28)23(29)13-6-5-12-22-26-20-10-3-4-11-21(20)31-22/h1-4,8-11H,5-7,12-17H2. The molecule has 1 aliphatic rings. The Morgan fingerprint density at radius 2 is 1.68 bits per heavy atom. The Kier molecular flexibility index (Phi) is 6.92. The molecule has 0 bridgehead atoms. The average Bonchev–Trinajstić information content (AvgIpc) is 3.03. The molecular formula is C24H26FN3O2S. The van der Waals surface area contributed by atoms with Crippen molar-refractivity contribution in [2.75, 3.05) is 26.2 Å². The lowest BCUT2D eigenvalue weighted by Crippen LogP contribution is -2.37. The van der Waals surface area contributed by atoms with E-state index < -0.39 is 5.82 Å². The molecule has 1 aromatic heterocycles. The average molecular weight is 440 g/mol. The second-order valence-corrected chi connectivity index (χ2v) is 8.90. The van der Waals surface area contributed by atoms with Crippen LogP contribution in [0.15, 0.2) is 48.5 Å². The molecule has 162 valence electrons. The molecule has 0 unspecified atom stereocenters. The van der Waals surface area contributed by atoms with E-state index in [0.29, 0.717) is 39.0 Å². The summed E-state index contributed by atoms with van der Waals surface area (Å²) in [5, 5.41) is 1.12. The second-order valence-electron chi connectivity index (χ2n) is 7.79. The number of hydrogen-bond donors (Lipinski definition) is 0. The van der Waals surface area contributed by atoms with Crippen LogP contribution in [-0.2, 0) is 11.2 Å². The van der Waals surface area contributed by atoms with E-state index in [1.165, 1.54) is 16.8 Å². The van der Waals surface area contributed by atoms with E-state index in [2.05, 4.69) is 11.1 Å². The van der Waals surface area contributed by atoms with E-state index in [1.54, 1.807) is 28.4 Å². The smallest absolute Gasteiger partial charge is 0.256 e. The van der Waals surface area contributed by atoms with Crippen LogP contribution in [0.25, 0.3) is 10.2 Å². The zero-order valence-corrected chi connectivity index (χ0v) is 18.2. The lowest BCUT2D eigenvalue weighted by molar-refractivity contribution is -0.131. The number of para-hydroxylation sites is 1. The number of hydrogen-bond acceptors (Lipinski definition) is 4. The molecule has 2 amide bonds. The Bertz CT molecular complexity index is 1030. The molecule has 3 aromatic rings. The van der Waals surface area contributed by atoms with E-state index in [1.807, 2.05) is 23.1 Å². The van der Waals surface area contributed by atoms with Crippen LogP contribution < -0.4 is 0 Å². The van der Waals surface area contributed by atoms with Crippen molar-refractivity contribution in [3.63, 3.8) is 0 Å². The molecule has 0 radical (unpaired) electrons. The van der Waals surface area contributed by atoms with E-state index >= 15 is 0 Å². The fourth-order valence-corrected chi connectivity index (χ4v) is 4.92. The SMILES string of the molecule is O=C(CCCCc1nc2ccccc2s1)N1CCCN(C(=O)c2ccccc2F)CC1. The summed E-state index contributed by atoms with van der Waals surface area (Å²) in [5.41, 5.74) is 1.13. The van der Waals surface area contributed by atoms with Gasteiger partial charge in [-0.2, -0.15) is 0 Å². The number of unbranched alkanes of at least 4 members (excludes halogenated alkanes) is 1. The van der Waals surface area contributed by atoms with Crippen molar-refractivity contribution in [2.24, 2.45) is 0 Å². The molecule has 0 aliphatic carbocycles. The van der Waals surface area contributed by atoms with Crippen LogP contribution in [0.4, 0.5) is 4.39 Å². The molecule has 2 aromatic carbocycles. The number of benzene rings is 2. The lowest BCUT2D eigenvalue weighted by atomic mass is 10.2. The molecule has 1 saturated heterocycles. The number of aryl methyl sites for hydroxylation is 1. The molecule has 1 aliphatic heterocycles. The highest BCUT2D eigenvalue weighted by molar-refractivity contribution is 7.18. The molecule has 1 fully saturated rings. The number of halogens is 1. The summed E-state index contributed by atoms with van der Waals surface area (Å²) in [6.45, 7) is 2.10. The van der Waals surface area contributed by atoms with Crippen LogP contribution in [0, 0.1) is 5.82 Å². The summed E-state index contributed by atoms with van der Waals surface area (Å²) in [4.78, 5) is 33.4. The van der Waals surface area contributed by atoms with E-state index in [-0.39, 0.29) is 17.4 Å². The summed E-state index contributed by atoms with van der Waals surface area (Å²) in [5.74, 6) is -0.675. The van der Waals surface area contributed by atoms with Gasteiger partial charge in [-0.3, -0.25) is 9.59 Å². The van der Waals surface area contributed by atoms with Gasteiger partial charge in [-0.25, -0.2) is 9.37 Å². The number of thiazole rings is 1. The molecule has 4 rings (SSSR count). The van der Waals surface area contributed by atoms with Gasteiger partial charge in [0.15, 0.2) is 0 Å². The maximum Gasteiger partial charge on any atom is 0.256 e. The third-order valence-electron chi connectivity index (χ3n) is 5.61. The van der Waals surface area contributed by atoms with Crippen LogP contribution in [0.2, 0.25) is 0 Å². The summed E-state index contributed by atoms with van der Waals surface area (Å²) in [7, 11) is 0. The predicted molar refractivity (Wildman–Crippen MR) is 121 cm³/mol. The van der Waals surface area contributed by atoms with Crippen molar-refractivity contribution >= 4 is 33.4 Å². The highest BCUT2D eigenvalue weighted by atomic mass is 32.1. The first-order valence-corrected chi connectivity index (χ1v) is 11.6. The van der Waals surface area contributed by atoms with Gasteiger partial charge in [0.05, 0.1) is 20.8 Å². The van der Waals surface area contributed by atoms with Gasteiger partial charge in [0.25, 0.3) is 5.91 Å². The molecule has 2 heterocycles. The zero-order chi connectivity index (χ0) is 21.6. The molecule has 7 heteroatoms. The third kappa shape index (κ3) is 5.28. The Morgan fingerprint density at radius 1 is 0.935 bits per heavy atom. The van der Waals surface area contributed by atoms with Gasteiger partial charge in [-0.1, -0.05) is 24.3 Å². The van der Waals surface area contributed by atoms with E-state index in [9.17, 15) is 14.0 Å². The summed E-state index contributed by atoms with van der Waals surface area (Å²) in [6.07, 6.45) is 3.85. The van der Waals surface area contributed by atoms with Gasteiger partial charge in [-0.15, -0.1) is 11.3 Å². The minimum absolute atomic E-state index is 0.0946. The quantitative estimate of drug-likeness (QED) is 0.531. The summed E-state index contributed by atoms with van der Waals surface area (Å²) >= 11 is 1.72. The largest absolute Gasteiger partial charge is 0.341 e. The number of fused-ring (bicyclic) bond motifs is 1. The van der Waals surface area contributed by atoms with E-state index in [0.717, 1.165) is 29.8 Å². The molecule has 0 spiro atoms. The van der Waals surface area contributed by atoms with Gasteiger partial charge in [0.2, 0.25) is 5.91 Å². The van der Waals surface area contributed by atoms with Crippen LogP contribution >= 0.6 is 11.3 Å². The highest BCUT2D eigenvalue weighted by Gasteiger charge is 2.24. The number of nitrogens with zero attached hydrogens (tertiary/aromatic N) is 3. The topological polar surface area (TPSA) is 53.5 Å². The Morgan fingerprint density at radius 3 is 2.52 bits per heavy atom. The van der Waals surface area contributed by atoms with Gasteiger partial charge in [0, 0.05) is 32.6 Å². The van der Waals surface area contributed by atoms with Gasteiger partial charge in [0.1, 0.15) is 5.82 Å². The number of aromatic nitrogens is 1. The van der Waals surface area contributed by atoms with Gasteiger partial charge >= 0.3 is 0 Å². The summed E-state index contributed by atoms with van der Waals surface area (Å²) < 4.78 is 15.1. The second kappa shape index (κ2) is 10.0. The first-order valence-electron chi connectivity index (χ1n) is 10.8. The highest BCUT2D eigenvalue weighted by Crippen LogP contribution is 2.23. The fourth-order valence-electron chi connectivity index (χ4n) is 3.91. The van der Waals surface area contributed by atoms with E-state index in [4.69, 9.17) is 0 Å². The first kappa shape index (κ1) is 21.4. The van der Waals surface area contributed by atoms with Crippen molar-refractivity contribution in [1.29, 1.82) is 0 Å². The monoisotopic (exact) mass is 439 g/mol. The van der Waals surface area contributed by atoms with Crippen LogP contribution in [0.1, 0.15) is 41.0 Å². The predicted octanol–water partition coefficient (Wildman–Crippen LogP) is 4.52. The first-order chi connectivity index (χ1) is 15.1. The van der Waals surface area contributed by atoms with Crippen molar-refractivity contribution in [1.82, 2.24) is 14.8 Å². The Balaban J connectivity index is 1.23. The maximum atomic E-state index is 13.9. The molecule has 31 heavy (non-hydrogen) atoms. The minimum Gasteiger partial charge on any atom is -0.341 e. The molecule has 5 nitrogen and oxygen atoms in total. The van der Waals surface area contributed by atoms with Crippen LogP contribution in [-0.4, -0.2) is 52.8 Å². The third-order valence-corrected chi connectivity index (χ3v) is 6.71. The molecule has 0 N–H and O–H groups in total. The normalized spacial score (nSPS) is 14.6. The number of carbonyl (C=O) groups excluding carboxylic acids is 2. The van der Waals surface area contributed by atoms with Crippen molar-refractivity contribution in [2.45, 2.75) is 32.1 Å². The molecule has 0 atom stereocenters. The lowest BCUT2D eigenvalue weighted by Gasteiger charge is -2.22. The number of rotatable bonds is 6. The van der Waals surface area contributed by atoms with Crippen LogP contribution in [0.3, 0.4) is 0 Å². The van der Waals surface area contributed by atoms with Crippen molar-refractivity contribution in [3.8, 4) is 0 Å². The summed E-state index contributed by atoms with van der Waals surface area (Å²) in [6, 6.07) is 14.2. The number of carbonyl (C=O) groups is 2. The zero-order valence-electron chi connectivity index (χ0n) is 17.4. The van der Waals surface area contributed by atoms with Gasteiger partial charge < -0.3 is 9.80 Å².